The number of hydrogen-bond acceptors (Lipinski definition) is 5. The van der Waals surface area contributed by atoms with E-state index in [1.165, 1.54) is 0 Å². The molecule has 0 aromatic heterocycles. The van der Waals surface area contributed by atoms with Crippen molar-refractivity contribution in [2.45, 2.75) is 49.2 Å². The van der Waals surface area contributed by atoms with E-state index >= 15 is 0 Å². The quantitative estimate of drug-likeness (QED) is 0.630. The Morgan fingerprint density at radius 3 is 2.48 bits per heavy atom. The molecule has 6 atom stereocenters. The van der Waals surface area contributed by atoms with Crippen molar-refractivity contribution in [3.05, 3.63) is 35.9 Å². The lowest BCUT2D eigenvalue weighted by atomic mass is 9.97. The van der Waals surface area contributed by atoms with Crippen LogP contribution >= 0.6 is 17.0 Å². The molecule has 3 aliphatic rings. The van der Waals surface area contributed by atoms with E-state index in [0.717, 1.165) is 18.4 Å². The highest BCUT2D eigenvalue weighted by atomic mass is 79.9. The molecule has 1 aromatic rings. The summed E-state index contributed by atoms with van der Waals surface area (Å²) in [5.74, 6) is -0.915. The molecule has 0 aliphatic carbocycles. The monoisotopic (exact) mass is 383 g/mol. The van der Waals surface area contributed by atoms with E-state index in [-0.39, 0.29) is 35.7 Å². The maximum absolute atomic E-state index is 12.4. The number of epoxide rings is 1. The molecule has 5 nitrogen and oxygen atoms in total. The Kier molecular flexibility index (Phi) is 4.78. The molecule has 1 N–H and O–H groups in total. The standard InChI is InChI=1S/C17H21NO4.BrH/c1-18-13-7-11(8-14(18)16-15(13)22-16)21-17(20)12(9-19)10-5-3-2-4-6-10;/h2-6,11-16,19H,7-9H2,1H3;1H/t11?,12?,13-,14-,15-,16+;/m0./s1. The summed E-state index contributed by atoms with van der Waals surface area (Å²) < 4.78 is 11.4. The summed E-state index contributed by atoms with van der Waals surface area (Å²) in [6.07, 6.45) is 2.26. The molecular formula is C17H22BrNO4. The maximum Gasteiger partial charge on any atom is 0.316 e. The minimum atomic E-state index is -0.593. The second-order valence-corrected chi connectivity index (χ2v) is 6.54. The van der Waals surface area contributed by atoms with Gasteiger partial charge in [-0.05, 0) is 12.6 Å². The predicted octanol–water partition coefficient (Wildman–Crippen LogP) is 1.50. The lowest BCUT2D eigenvalue weighted by Crippen LogP contribution is -2.48. The number of carbonyl (C=O) groups excluding carboxylic acids is 1. The molecule has 1 aromatic carbocycles. The van der Waals surface area contributed by atoms with E-state index < -0.39 is 5.92 Å². The first-order chi connectivity index (χ1) is 10.7. The van der Waals surface area contributed by atoms with Gasteiger partial charge in [-0.2, -0.15) is 0 Å². The molecule has 3 heterocycles. The first kappa shape index (κ1) is 16.9. The van der Waals surface area contributed by atoms with Crippen LogP contribution in [-0.4, -0.2) is 60.0 Å². The second-order valence-electron chi connectivity index (χ2n) is 6.54. The summed E-state index contributed by atoms with van der Waals surface area (Å²) in [5.41, 5.74) is 0.803. The van der Waals surface area contributed by atoms with E-state index in [1.54, 1.807) is 0 Å². The number of aliphatic hydroxyl groups excluding tert-OH is 1. The van der Waals surface area contributed by atoms with Crippen LogP contribution in [0.15, 0.2) is 30.3 Å². The molecule has 126 valence electrons. The van der Waals surface area contributed by atoms with Crippen LogP contribution < -0.4 is 0 Å². The highest BCUT2D eigenvalue weighted by molar-refractivity contribution is 8.93. The average Bonchev–Trinajstić information content (AvgIpc) is 3.27. The number of fused-ring (bicyclic) bond motifs is 5. The van der Waals surface area contributed by atoms with Crippen molar-refractivity contribution in [1.82, 2.24) is 4.90 Å². The number of benzene rings is 1. The van der Waals surface area contributed by atoms with Crippen LogP contribution in [0.5, 0.6) is 0 Å². The van der Waals surface area contributed by atoms with E-state index in [4.69, 9.17) is 9.47 Å². The highest BCUT2D eigenvalue weighted by Gasteiger charge is 2.62. The van der Waals surface area contributed by atoms with Crippen molar-refractivity contribution >= 4 is 23.0 Å². The van der Waals surface area contributed by atoms with Gasteiger partial charge >= 0.3 is 5.97 Å². The van der Waals surface area contributed by atoms with Crippen LogP contribution in [0.1, 0.15) is 24.3 Å². The number of rotatable bonds is 4. The zero-order valence-corrected chi connectivity index (χ0v) is 14.7. The van der Waals surface area contributed by atoms with E-state index in [1.807, 2.05) is 30.3 Å². The van der Waals surface area contributed by atoms with Gasteiger partial charge in [-0.1, -0.05) is 30.3 Å². The maximum atomic E-state index is 12.4. The van der Waals surface area contributed by atoms with Crippen LogP contribution in [0.4, 0.5) is 0 Å². The van der Waals surface area contributed by atoms with E-state index in [9.17, 15) is 9.90 Å². The van der Waals surface area contributed by atoms with Crippen molar-refractivity contribution < 1.29 is 19.4 Å². The number of hydrogen-bond donors (Lipinski definition) is 1. The molecule has 6 heteroatoms. The molecule has 3 saturated heterocycles. The second kappa shape index (κ2) is 6.51. The zero-order chi connectivity index (χ0) is 15.3. The van der Waals surface area contributed by atoms with E-state index in [2.05, 4.69) is 11.9 Å². The van der Waals surface area contributed by atoms with Crippen LogP contribution in [0, 0.1) is 0 Å². The van der Waals surface area contributed by atoms with Gasteiger partial charge in [-0.25, -0.2) is 0 Å². The van der Waals surface area contributed by atoms with Gasteiger partial charge in [0.2, 0.25) is 0 Å². The third-order valence-electron chi connectivity index (χ3n) is 5.33. The molecule has 0 radical (unpaired) electrons. The summed E-state index contributed by atoms with van der Waals surface area (Å²) in [4.78, 5) is 14.8. The fourth-order valence-corrected chi connectivity index (χ4v) is 4.04. The van der Waals surface area contributed by atoms with Gasteiger partial charge in [0.1, 0.15) is 24.2 Å². The molecule has 3 fully saturated rings. The predicted molar refractivity (Wildman–Crippen MR) is 89.7 cm³/mol. The molecular weight excluding hydrogens is 362 g/mol. The fraction of sp³-hybridized carbons (Fsp3) is 0.588. The van der Waals surface area contributed by atoms with Gasteiger partial charge in [0.15, 0.2) is 0 Å². The normalized spacial score (nSPS) is 35.8. The minimum absolute atomic E-state index is 0. The summed E-state index contributed by atoms with van der Waals surface area (Å²) in [5, 5.41) is 9.56. The summed E-state index contributed by atoms with van der Waals surface area (Å²) in [7, 11) is 2.13. The third kappa shape index (κ3) is 2.93. The summed E-state index contributed by atoms with van der Waals surface area (Å²) in [6.45, 7) is -0.226. The average molecular weight is 384 g/mol. The largest absolute Gasteiger partial charge is 0.462 e. The molecule has 4 rings (SSSR count). The van der Waals surface area contributed by atoms with E-state index in [0.29, 0.717) is 24.3 Å². The van der Waals surface area contributed by atoms with Crippen LogP contribution in [0.25, 0.3) is 0 Å². The van der Waals surface area contributed by atoms with Crippen molar-refractivity contribution in [2.24, 2.45) is 0 Å². The third-order valence-corrected chi connectivity index (χ3v) is 5.33. The Balaban J connectivity index is 0.00000156. The molecule has 0 saturated carbocycles. The molecule has 2 unspecified atom stereocenters. The highest BCUT2D eigenvalue weighted by Crippen LogP contribution is 2.48. The number of likely N-dealkylation sites (N-methyl/N-ethyl adjacent to an activating group) is 1. The van der Waals surface area contributed by atoms with Crippen molar-refractivity contribution in [3.8, 4) is 0 Å². The van der Waals surface area contributed by atoms with Crippen LogP contribution in [0.3, 0.4) is 0 Å². The van der Waals surface area contributed by atoms with Crippen molar-refractivity contribution in [1.29, 1.82) is 0 Å². The first-order valence-corrected chi connectivity index (χ1v) is 7.92. The number of carbonyl (C=O) groups is 1. The van der Waals surface area contributed by atoms with Gasteiger partial charge in [-0.3, -0.25) is 9.69 Å². The zero-order valence-electron chi connectivity index (χ0n) is 13.0. The molecule has 0 spiro atoms. The van der Waals surface area contributed by atoms with Gasteiger partial charge in [0, 0.05) is 24.9 Å². The Hall–Kier alpha value is -0.950. The van der Waals surface area contributed by atoms with Crippen LogP contribution in [0.2, 0.25) is 0 Å². The number of esters is 1. The van der Waals surface area contributed by atoms with Crippen molar-refractivity contribution in [2.75, 3.05) is 13.7 Å². The number of aliphatic hydroxyl groups is 1. The summed E-state index contributed by atoms with van der Waals surface area (Å²) in [6, 6.07) is 10.1. The molecule has 3 aliphatic heterocycles. The summed E-state index contributed by atoms with van der Waals surface area (Å²) >= 11 is 0. The SMILES string of the molecule is Br.CN1[C@H]2CC(OC(=O)C(CO)c3ccccc3)C[C@H]1[C@H]1O[C@H]12. The van der Waals surface area contributed by atoms with Crippen LogP contribution in [-0.2, 0) is 14.3 Å². The lowest BCUT2D eigenvalue weighted by Gasteiger charge is -2.38. The number of halogens is 1. The van der Waals surface area contributed by atoms with Gasteiger partial charge < -0.3 is 14.6 Å². The topological polar surface area (TPSA) is 62.3 Å². The number of nitrogens with zero attached hydrogens (tertiary/aromatic N) is 1. The smallest absolute Gasteiger partial charge is 0.316 e. The molecule has 23 heavy (non-hydrogen) atoms. The Morgan fingerprint density at radius 2 is 1.91 bits per heavy atom. The Morgan fingerprint density at radius 1 is 1.30 bits per heavy atom. The lowest BCUT2D eigenvalue weighted by molar-refractivity contribution is -0.156. The van der Waals surface area contributed by atoms with Gasteiger partial charge in [-0.15, -0.1) is 17.0 Å². The minimum Gasteiger partial charge on any atom is -0.462 e. The Bertz CT molecular complexity index is 551. The molecule has 0 amide bonds. The number of ether oxygens (including phenoxy) is 2. The first-order valence-electron chi connectivity index (χ1n) is 7.92. The number of morpholine rings is 1. The van der Waals surface area contributed by atoms with Gasteiger partial charge in [0.05, 0.1) is 6.61 Å². The van der Waals surface area contributed by atoms with Gasteiger partial charge in [0.25, 0.3) is 0 Å². The van der Waals surface area contributed by atoms with Crippen molar-refractivity contribution in [3.63, 3.8) is 0 Å². The molecule has 2 bridgehead atoms. The fourth-order valence-electron chi connectivity index (χ4n) is 4.04. The number of piperidine rings is 1. The Labute approximate surface area is 146 Å².